The molecule has 0 atom stereocenters. The number of hydrogen-bond donors (Lipinski definition) is 3. The zero-order chi connectivity index (χ0) is 22.5. The van der Waals surface area contributed by atoms with Crippen LogP contribution in [-0.4, -0.2) is 39.2 Å². The van der Waals surface area contributed by atoms with E-state index in [0.29, 0.717) is 22.0 Å². The first-order chi connectivity index (χ1) is 15.6. The smallest absolute Gasteiger partial charge is 0.257 e. The van der Waals surface area contributed by atoms with Crippen molar-refractivity contribution in [3.05, 3.63) is 76.8 Å². The molecule has 0 bridgehead atoms. The number of piperazine rings is 1. The topological polar surface area (TPSA) is 65.6 Å². The van der Waals surface area contributed by atoms with Crippen LogP contribution in [0.5, 0.6) is 5.75 Å². The lowest BCUT2D eigenvalue weighted by Gasteiger charge is -2.30. The van der Waals surface area contributed by atoms with Crippen LogP contribution in [-0.2, 0) is 0 Å². The van der Waals surface area contributed by atoms with Gasteiger partial charge in [-0.2, -0.15) is 0 Å². The van der Waals surface area contributed by atoms with Gasteiger partial charge in [0.2, 0.25) is 0 Å². The molecular formula is C25H27ClN4O2. The van der Waals surface area contributed by atoms with Gasteiger partial charge in [-0.3, -0.25) is 4.79 Å². The highest BCUT2D eigenvalue weighted by atomic mass is 35.5. The summed E-state index contributed by atoms with van der Waals surface area (Å²) >= 11 is 6.25. The highest BCUT2D eigenvalue weighted by Gasteiger charge is 2.17. The van der Waals surface area contributed by atoms with E-state index in [0.717, 1.165) is 48.9 Å². The molecule has 166 valence electrons. The third-order valence-electron chi connectivity index (χ3n) is 5.60. The second-order valence-corrected chi connectivity index (χ2v) is 8.07. The molecule has 1 amide bonds. The lowest BCUT2D eigenvalue weighted by molar-refractivity contribution is 0.102. The number of hydrogen-bond acceptors (Lipinski definition) is 5. The zero-order valence-electron chi connectivity index (χ0n) is 18.2. The van der Waals surface area contributed by atoms with Crippen LogP contribution in [0.3, 0.4) is 0 Å². The van der Waals surface area contributed by atoms with Crippen molar-refractivity contribution >= 4 is 40.3 Å². The van der Waals surface area contributed by atoms with Crippen LogP contribution in [0.4, 0.5) is 22.7 Å². The molecule has 7 heteroatoms. The van der Waals surface area contributed by atoms with Crippen LogP contribution in [0.1, 0.15) is 15.9 Å². The molecule has 3 aromatic carbocycles. The third-order valence-corrected chi connectivity index (χ3v) is 6.01. The number of rotatable bonds is 6. The van der Waals surface area contributed by atoms with E-state index in [4.69, 9.17) is 16.3 Å². The van der Waals surface area contributed by atoms with Crippen LogP contribution in [0.2, 0.25) is 5.02 Å². The second kappa shape index (κ2) is 9.94. The van der Waals surface area contributed by atoms with Crippen molar-refractivity contribution < 1.29 is 9.53 Å². The van der Waals surface area contributed by atoms with Crippen molar-refractivity contribution in [1.29, 1.82) is 0 Å². The van der Waals surface area contributed by atoms with Crippen LogP contribution < -0.4 is 25.6 Å². The monoisotopic (exact) mass is 450 g/mol. The highest BCUT2D eigenvalue weighted by molar-refractivity contribution is 6.31. The Morgan fingerprint density at radius 1 is 1.03 bits per heavy atom. The first-order valence-corrected chi connectivity index (χ1v) is 11.0. The van der Waals surface area contributed by atoms with Crippen LogP contribution in [0.15, 0.2) is 60.7 Å². The summed E-state index contributed by atoms with van der Waals surface area (Å²) in [6, 6.07) is 18.9. The number of nitrogens with one attached hydrogen (secondary N) is 3. The van der Waals surface area contributed by atoms with Gasteiger partial charge in [-0.15, -0.1) is 0 Å². The lowest BCUT2D eigenvalue weighted by atomic mass is 10.1. The number of nitrogens with zero attached hydrogens (tertiary/aromatic N) is 1. The van der Waals surface area contributed by atoms with Gasteiger partial charge in [-0.25, -0.2) is 0 Å². The van der Waals surface area contributed by atoms with Gasteiger partial charge in [0.1, 0.15) is 5.75 Å². The molecule has 1 heterocycles. The molecule has 1 saturated heterocycles. The summed E-state index contributed by atoms with van der Waals surface area (Å²) in [5.74, 6) is 0.537. The number of carbonyl (C=O) groups is 1. The number of benzene rings is 3. The molecular weight excluding hydrogens is 424 g/mol. The Kier molecular flexibility index (Phi) is 6.83. The molecule has 3 N–H and O–H groups in total. The van der Waals surface area contributed by atoms with E-state index in [1.807, 2.05) is 61.5 Å². The maximum Gasteiger partial charge on any atom is 0.257 e. The highest BCUT2D eigenvalue weighted by Crippen LogP contribution is 2.32. The Morgan fingerprint density at radius 3 is 2.56 bits per heavy atom. The van der Waals surface area contributed by atoms with Gasteiger partial charge in [-0.05, 0) is 48.9 Å². The Labute approximate surface area is 193 Å². The SMILES string of the molecule is COc1cc(NC(=O)c2ccccc2Nc2cccc(Cl)c2C)ccc1N1CCNCC1. The minimum atomic E-state index is -0.204. The molecule has 4 rings (SSSR count). The molecule has 0 radical (unpaired) electrons. The minimum Gasteiger partial charge on any atom is -0.495 e. The standard InChI is InChI=1S/C25H27ClN4O2/c1-17-20(26)7-5-9-21(17)29-22-8-4-3-6-19(22)25(31)28-18-10-11-23(24(16-18)32-2)30-14-12-27-13-15-30/h3-11,16,27,29H,12-15H2,1-2H3,(H,28,31). The van der Waals surface area contributed by atoms with Gasteiger partial charge in [0.05, 0.1) is 24.0 Å². The maximum atomic E-state index is 13.1. The Bertz CT molecular complexity index is 1110. The average molecular weight is 451 g/mol. The fourth-order valence-electron chi connectivity index (χ4n) is 3.80. The summed E-state index contributed by atoms with van der Waals surface area (Å²) in [7, 11) is 1.65. The van der Waals surface area contributed by atoms with E-state index in [1.165, 1.54) is 0 Å². The first kappa shape index (κ1) is 22.0. The lowest BCUT2D eigenvalue weighted by Crippen LogP contribution is -2.43. The Morgan fingerprint density at radius 2 is 1.78 bits per heavy atom. The molecule has 0 aliphatic carbocycles. The van der Waals surface area contributed by atoms with Crippen LogP contribution in [0, 0.1) is 6.92 Å². The van der Waals surface area contributed by atoms with Gasteiger partial charge >= 0.3 is 0 Å². The summed E-state index contributed by atoms with van der Waals surface area (Å²) in [5, 5.41) is 10.4. The van der Waals surface area contributed by atoms with E-state index in [9.17, 15) is 4.79 Å². The molecule has 1 fully saturated rings. The Hall–Kier alpha value is -3.22. The quantitative estimate of drug-likeness (QED) is 0.489. The summed E-state index contributed by atoms with van der Waals surface area (Å²) in [6.45, 7) is 5.67. The van der Waals surface area contributed by atoms with Gasteiger partial charge in [0, 0.05) is 48.6 Å². The van der Waals surface area contributed by atoms with Gasteiger partial charge in [-0.1, -0.05) is 29.8 Å². The van der Waals surface area contributed by atoms with E-state index in [-0.39, 0.29) is 5.91 Å². The number of methoxy groups -OCH3 is 1. The van der Waals surface area contributed by atoms with E-state index in [1.54, 1.807) is 13.2 Å². The van der Waals surface area contributed by atoms with Crippen LogP contribution in [0.25, 0.3) is 0 Å². The maximum absolute atomic E-state index is 13.1. The van der Waals surface area contributed by atoms with E-state index >= 15 is 0 Å². The fourth-order valence-corrected chi connectivity index (χ4v) is 3.97. The largest absolute Gasteiger partial charge is 0.495 e. The van der Waals surface area contributed by atoms with Crippen molar-refractivity contribution in [3.8, 4) is 5.75 Å². The third kappa shape index (κ3) is 4.82. The minimum absolute atomic E-state index is 0.204. The number of halogens is 1. The summed E-state index contributed by atoms with van der Waals surface area (Å²) in [5.41, 5.74) is 4.75. The van der Waals surface area contributed by atoms with Crippen molar-refractivity contribution in [1.82, 2.24) is 5.32 Å². The number of ether oxygens (including phenoxy) is 1. The Balaban J connectivity index is 1.55. The van der Waals surface area contributed by atoms with Crippen molar-refractivity contribution in [2.75, 3.05) is 48.8 Å². The average Bonchev–Trinajstić information content (AvgIpc) is 2.83. The normalized spacial score (nSPS) is 13.5. The van der Waals surface area contributed by atoms with Gasteiger partial charge in [0.15, 0.2) is 0 Å². The molecule has 6 nitrogen and oxygen atoms in total. The summed E-state index contributed by atoms with van der Waals surface area (Å²) in [4.78, 5) is 15.4. The first-order valence-electron chi connectivity index (χ1n) is 10.6. The zero-order valence-corrected chi connectivity index (χ0v) is 19.0. The number of anilines is 4. The van der Waals surface area contributed by atoms with Crippen molar-refractivity contribution in [2.45, 2.75) is 6.92 Å². The van der Waals surface area contributed by atoms with E-state index in [2.05, 4.69) is 20.9 Å². The summed E-state index contributed by atoms with van der Waals surface area (Å²) in [6.07, 6.45) is 0. The van der Waals surface area contributed by atoms with E-state index < -0.39 is 0 Å². The van der Waals surface area contributed by atoms with Crippen molar-refractivity contribution in [3.63, 3.8) is 0 Å². The number of carbonyl (C=O) groups excluding carboxylic acids is 1. The molecule has 1 aliphatic rings. The molecule has 32 heavy (non-hydrogen) atoms. The predicted octanol–water partition coefficient (Wildman–Crippen LogP) is 5.06. The number of para-hydroxylation sites is 1. The molecule has 0 spiro atoms. The molecule has 0 aromatic heterocycles. The predicted molar refractivity (Wildman–Crippen MR) is 132 cm³/mol. The van der Waals surface area contributed by atoms with Gasteiger partial charge in [0.25, 0.3) is 5.91 Å². The fraction of sp³-hybridized carbons (Fsp3) is 0.240. The van der Waals surface area contributed by atoms with Crippen molar-refractivity contribution in [2.24, 2.45) is 0 Å². The number of amides is 1. The van der Waals surface area contributed by atoms with Crippen LogP contribution >= 0.6 is 11.6 Å². The molecule has 1 aliphatic heterocycles. The molecule has 3 aromatic rings. The molecule has 0 unspecified atom stereocenters. The summed E-state index contributed by atoms with van der Waals surface area (Å²) < 4.78 is 5.62. The molecule has 0 saturated carbocycles. The van der Waals surface area contributed by atoms with Gasteiger partial charge < -0.3 is 25.6 Å². The second-order valence-electron chi connectivity index (χ2n) is 7.66.